The predicted molar refractivity (Wildman–Crippen MR) is 233 cm³/mol. The van der Waals surface area contributed by atoms with Crippen molar-refractivity contribution in [3.63, 3.8) is 0 Å². The van der Waals surface area contributed by atoms with Crippen LogP contribution in [0.15, 0.2) is 131 Å². The molecular weight excluding hydrogens is 1150 g/mol. The number of rotatable bonds is 0. The van der Waals surface area contributed by atoms with Gasteiger partial charge in [0.05, 0.1) is 11.4 Å². The first kappa shape index (κ1) is 45.4. The quantitative estimate of drug-likeness (QED) is 0.124. The van der Waals surface area contributed by atoms with E-state index in [2.05, 4.69) is 88.4 Å². The fourth-order valence-corrected chi connectivity index (χ4v) is 4.87. The summed E-state index contributed by atoms with van der Waals surface area (Å²) in [5.41, 5.74) is 12.3. The second-order valence-electron chi connectivity index (χ2n) is 10.5. The van der Waals surface area contributed by atoms with Crippen molar-refractivity contribution in [2.24, 2.45) is 9.98 Å². The summed E-state index contributed by atoms with van der Waals surface area (Å²) in [7, 11) is 0. The van der Waals surface area contributed by atoms with Crippen LogP contribution in [0.5, 0.6) is 0 Å². The maximum absolute atomic E-state index is 4.84. The molecule has 3 aliphatic heterocycles. The third-order valence-corrected chi connectivity index (χ3v) is 6.57. The van der Waals surface area contributed by atoms with Gasteiger partial charge in [-0.3, -0.25) is 9.98 Å². The maximum atomic E-state index is 4.84. The molecule has 0 atom stereocenters. The van der Waals surface area contributed by atoms with Crippen molar-refractivity contribution in [2.45, 2.75) is 40.5 Å². The van der Waals surface area contributed by atoms with E-state index in [1.807, 2.05) is 143 Å². The molecule has 6 nitrogen and oxygen atoms in total. The summed E-state index contributed by atoms with van der Waals surface area (Å²) in [4.78, 5) is 9.56. The van der Waals surface area contributed by atoms with Crippen LogP contribution in [0.3, 0.4) is 0 Å². The Labute approximate surface area is 367 Å². The number of nitrogens with zero attached hydrogens (tertiary/aromatic N) is 6. The van der Waals surface area contributed by atoms with E-state index in [0.29, 0.717) is 0 Å². The average molecular weight is 1190 g/mol. The van der Waals surface area contributed by atoms with Crippen molar-refractivity contribution in [1.29, 1.82) is 0 Å². The summed E-state index contributed by atoms with van der Waals surface area (Å²) >= 11 is 7.60. The van der Waals surface area contributed by atoms with Gasteiger partial charge >= 0.3 is 39.0 Å². The molecule has 0 saturated carbocycles. The summed E-state index contributed by atoms with van der Waals surface area (Å²) in [6.07, 6.45) is 5.72. The Balaban J connectivity index is 0.00000134. The van der Waals surface area contributed by atoms with Crippen LogP contribution in [0.4, 0.5) is 22.7 Å². The Kier molecular flexibility index (Phi) is 24.0. The van der Waals surface area contributed by atoms with E-state index in [-0.39, 0.29) is 39.0 Å². The molecule has 12 heteroatoms. The molecule has 0 radical (unpaired) electrons. The molecule has 0 N–H and O–H groups in total. The summed E-state index contributed by atoms with van der Waals surface area (Å²) < 4.78 is 6.88. The van der Waals surface area contributed by atoms with Gasteiger partial charge in [0.25, 0.3) is 0 Å². The van der Waals surface area contributed by atoms with E-state index in [0.717, 1.165) is 58.4 Å². The standard InChI is InChI=1S/C36H34N4.2I2N.2Zn/c1-25-19-27(3)39-35-9-5-7-31(23-35)22-32-8-6-10-36(24-32)40-28(4)20-26(2)38-34-17-13-30(14-18-34)21-29-11-15-33(37-25)16-12-29;2*1-3-2;;/h5-20,23-24H,21-22H2,1-4H3;;;;/q-2;2*-1;2*+2/b27-19-,28-20-,37-25?,38-26?;;;;. The van der Waals surface area contributed by atoms with Crippen LogP contribution >= 0.6 is 91.5 Å². The van der Waals surface area contributed by atoms with E-state index in [1.165, 1.54) is 22.3 Å². The molecule has 0 unspecified atom stereocenters. The van der Waals surface area contributed by atoms with Crippen molar-refractivity contribution in [3.8, 4) is 0 Å². The minimum atomic E-state index is 0. The molecule has 0 spiro atoms. The van der Waals surface area contributed by atoms with Gasteiger partial charge in [0.15, 0.2) is 0 Å². The van der Waals surface area contributed by atoms with Crippen LogP contribution < -0.4 is 0 Å². The van der Waals surface area contributed by atoms with Gasteiger partial charge in [0.1, 0.15) is 0 Å². The number of hydrogen-bond donors (Lipinski definition) is 0. The number of allylic oxidation sites excluding steroid dienone is 4. The molecule has 0 fully saturated rings. The Bertz CT molecular complexity index is 1550. The summed E-state index contributed by atoms with van der Waals surface area (Å²) in [5, 5.41) is 9.67. The number of fused-ring (bicyclic) bond motifs is 2. The summed E-state index contributed by atoms with van der Waals surface area (Å²) in [6, 6.07) is 33.7. The minimum Gasteiger partial charge on any atom is -0.661 e. The van der Waals surface area contributed by atoms with Crippen LogP contribution in [0, 0.1) is 0 Å². The zero-order valence-corrected chi connectivity index (χ0v) is 42.0. The Morgan fingerprint density at radius 1 is 0.500 bits per heavy atom. The van der Waals surface area contributed by atoms with Crippen molar-refractivity contribution in [1.82, 2.24) is 0 Å². The second-order valence-corrected chi connectivity index (χ2v) is 16.1. The molecule has 7 rings (SSSR count). The van der Waals surface area contributed by atoms with Gasteiger partial charge in [-0.1, -0.05) is 98.8 Å². The van der Waals surface area contributed by atoms with Gasteiger partial charge in [-0.25, -0.2) is 91.5 Å². The van der Waals surface area contributed by atoms with Gasteiger partial charge in [-0.05, 0) is 73.2 Å². The SMILES string of the molecule is CC1=Nc2ccc(cc2)Cc2ccc(cc2)N=C(C)/C=C(/C)[N-]c2cccc(c2)Cc2cccc(c2)[N-]/C(C)=C\1.I[N-]I.I[N-]I.[Zn+2].[Zn+2]. The third kappa shape index (κ3) is 17.5. The zero-order valence-electron chi connectivity index (χ0n) is 27.4. The molecule has 3 heterocycles. The fourth-order valence-electron chi connectivity index (χ4n) is 4.87. The van der Waals surface area contributed by atoms with Crippen LogP contribution in [0.2, 0.25) is 0 Å². The van der Waals surface area contributed by atoms with Gasteiger partial charge in [-0.15, -0.1) is 11.4 Å². The van der Waals surface area contributed by atoms with Crippen LogP contribution in [0.25, 0.3) is 14.1 Å². The monoisotopic (exact) mass is 1190 g/mol. The number of benzene rings is 4. The molecule has 0 aromatic heterocycles. The Hall–Kier alpha value is -0.613. The van der Waals surface area contributed by atoms with E-state index >= 15 is 0 Å². The predicted octanol–water partition coefficient (Wildman–Crippen LogP) is 14.7. The van der Waals surface area contributed by atoms with Crippen LogP contribution in [-0.4, -0.2) is 11.4 Å². The molecule has 240 valence electrons. The van der Waals surface area contributed by atoms with Crippen molar-refractivity contribution in [2.75, 3.05) is 0 Å². The van der Waals surface area contributed by atoms with Gasteiger partial charge in [0.2, 0.25) is 0 Å². The van der Waals surface area contributed by atoms with Crippen LogP contribution in [-0.2, 0) is 51.8 Å². The van der Waals surface area contributed by atoms with Gasteiger partial charge < -0.3 is 14.1 Å². The molecule has 48 heavy (non-hydrogen) atoms. The number of aliphatic imine (C=N–C) groups is 2. The van der Waals surface area contributed by atoms with E-state index in [4.69, 9.17) is 20.6 Å². The molecule has 3 aliphatic rings. The normalized spacial score (nSPS) is 14.8. The average Bonchev–Trinajstić information content (AvgIpc) is 3.00. The molecule has 4 aromatic rings. The minimum absolute atomic E-state index is 0. The first-order valence-electron chi connectivity index (χ1n) is 14.3. The first-order chi connectivity index (χ1) is 22.2. The number of hydrogen-bond acceptors (Lipinski definition) is 2. The molecule has 0 saturated heterocycles. The zero-order chi connectivity index (χ0) is 33.3. The molecule has 0 aliphatic carbocycles. The van der Waals surface area contributed by atoms with Crippen molar-refractivity contribution >= 4 is 126 Å². The topological polar surface area (TPSA) is 81.1 Å². The molecule has 8 bridgehead atoms. The van der Waals surface area contributed by atoms with E-state index in [9.17, 15) is 0 Å². The third-order valence-electron chi connectivity index (χ3n) is 6.57. The van der Waals surface area contributed by atoms with E-state index < -0.39 is 0 Å². The van der Waals surface area contributed by atoms with Crippen molar-refractivity contribution in [3.05, 3.63) is 157 Å². The van der Waals surface area contributed by atoms with E-state index in [1.54, 1.807) is 0 Å². The van der Waals surface area contributed by atoms with Crippen molar-refractivity contribution < 1.29 is 39.0 Å². The van der Waals surface area contributed by atoms with Gasteiger partial charge in [-0.2, -0.15) is 11.4 Å². The second kappa shape index (κ2) is 25.4. The summed E-state index contributed by atoms with van der Waals surface area (Å²) in [6.45, 7) is 8.06. The Morgan fingerprint density at radius 2 is 0.833 bits per heavy atom. The summed E-state index contributed by atoms with van der Waals surface area (Å²) in [5.74, 6) is 0. The van der Waals surface area contributed by atoms with Crippen LogP contribution in [0.1, 0.15) is 49.9 Å². The largest absolute Gasteiger partial charge is 2.00 e. The molecule has 4 aromatic carbocycles. The molecule has 0 amide bonds. The fraction of sp³-hybridized carbons (Fsp3) is 0.167. The smallest absolute Gasteiger partial charge is 0.661 e. The van der Waals surface area contributed by atoms with Gasteiger partial charge in [0, 0.05) is 11.4 Å². The number of halogens is 4. The maximum Gasteiger partial charge on any atom is 2.00 e. The Morgan fingerprint density at radius 3 is 1.19 bits per heavy atom. The first-order valence-corrected chi connectivity index (χ1v) is 18.2. The molecular formula is C36H34I4N6Zn2.